The second-order valence-electron chi connectivity index (χ2n) is 5.53. The van der Waals surface area contributed by atoms with Gasteiger partial charge in [-0.05, 0) is 23.3 Å². The van der Waals surface area contributed by atoms with Crippen LogP contribution in [-0.4, -0.2) is 16.1 Å². The Morgan fingerprint density at radius 2 is 1.64 bits per heavy atom. The zero-order chi connectivity index (χ0) is 14.5. The number of hydrogen-bond donors (Lipinski definition) is 0. The maximum atomic E-state index is 4.33. The third kappa shape index (κ3) is 1.49. The summed E-state index contributed by atoms with van der Waals surface area (Å²) < 4.78 is 2.14. The predicted molar refractivity (Wildman–Crippen MR) is 87.8 cm³/mol. The van der Waals surface area contributed by atoms with E-state index in [4.69, 9.17) is 0 Å². The van der Waals surface area contributed by atoms with E-state index in [-0.39, 0.29) is 0 Å². The van der Waals surface area contributed by atoms with Gasteiger partial charge in [-0.25, -0.2) is 9.99 Å². The number of benzene rings is 2. The Balaban J connectivity index is 1.68. The van der Waals surface area contributed by atoms with Crippen molar-refractivity contribution in [3.8, 4) is 5.69 Å². The van der Waals surface area contributed by atoms with Gasteiger partial charge in [0.05, 0.1) is 24.1 Å². The van der Waals surface area contributed by atoms with E-state index in [0.29, 0.717) is 0 Å². The molecule has 0 unspecified atom stereocenters. The lowest BCUT2D eigenvalue weighted by Gasteiger charge is -2.36. The highest BCUT2D eigenvalue weighted by Crippen LogP contribution is 2.40. The van der Waals surface area contributed by atoms with Gasteiger partial charge in [-0.15, -0.1) is 0 Å². The van der Waals surface area contributed by atoms with Crippen LogP contribution in [0.25, 0.3) is 11.3 Å². The van der Waals surface area contributed by atoms with Gasteiger partial charge < -0.3 is 0 Å². The summed E-state index contributed by atoms with van der Waals surface area (Å²) in [6, 6.07) is 19.0. The van der Waals surface area contributed by atoms with E-state index in [2.05, 4.69) is 80.4 Å². The van der Waals surface area contributed by atoms with Crippen molar-refractivity contribution in [2.45, 2.75) is 0 Å². The van der Waals surface area contributed by atoms with Crippen molar-refractivity contribution in [2.75, 3.05) is 16.6 Å². The molecule has 0 amide bonds. The second-order valence-corrected chi connectivity index (χ2v) is 5.53. The number of anilines is 2. The first-order valence-electron chi connectivity index (χ1n) is 7.36. The van der Waals surface area contributed by atoms with E-state index < -0.39 is 0 Å². The van der Waals surface area contributed by atoms with Gasteiger partial charge >= 0.3 is 0 Å². The largest absolute Gasteiger partial charge is 0.282 e. The first kappa shape index (κ1) is 11.6. The molecule has 4 nitrogen and oxygen atoms in total. The van der Waals surface area contributed by atoms with Crippen LogP contribution in [0.5, 0.6) is 0 Å². The first-order valence-corrected chi connectivity index (χ1v) is 7.36. The summed E-state index contributed by atoms with van der Waals surface area (Å²) in [6.45, 7) is 0.867. The second kappa shape index (κ2) is 4.24. The van der Waals surface area contributed by atoms with Gasteiger partial charge in [0.2, 0.25) is 0 Å². The Morgan fingerprint density at radius 1 is 0.864 bits per heavy atom. The molecule has 3 aromatic rings. The minimum Gasteiger partial charge on any atom is -0.282 e. The molecule has 22 heavy (non-hydrogen) atoms. The Bertz CT molecular complexity index is 879. The average molecular weight is 286 g/mol. The SMILES string of the molecule is C1=C(c2ccccc2)CN2c3ccccc3-n3cncc3N12. The Labute approximate surface area is 128 Å². The first-order chi connectivity index (χ1) is 10.9. The van der Waals surface area contributed by atoms with Crippen LogP contribution in [0.1, 0.15) is 5.56 Å². The summed E-state index contributed by atoms with van der Waals surface area (Å²) >= 11 is 0. The van der Waals surface area contributed by atoms with Gasteiger partial charge in [0.15, 0.2) is 5.82 Å². The van der Waals surface area contributed by atoms with E-state index >= 15 is 0 Å². The molecule has 2 aliphatic heterocycles. The third-order valence-electron chi connectivity index (χ3n) is 4.28. The monoisotopic (exact) mass is 286 g/mol. The molecule has 106 valence electrons. The fourth-order valence-electron chi connectivity index (χ4n) is 3.23. The fraction of sp³-hybridized carbons (Fsp3) is 0.0556. The molecule has 0 saturated carbocycles. The maximum absolute atomic E-state index is 4.33. The lowest BCUT2D eigenvalue weighted by molar-refractivity contribution is 0.839. The normalized spacial score (nSPS) is 15.2. The number of hydrogen-bond acceptors (Lipinski definition) is 3. The molecule has 0 N–H and O–H groups in total. The molecule has 2 aliphatic rings. The number of fused-ring (bicyclic) bond motifs is 6. The molecule has 0 saturated heterocycles. The van der Waals surface area contributed by atoms with Crippen LogP contribution in [0.2, 0.25) is 0 Å². The molecule has 0 radical (unpaired) electrons. The summed E-state index contributed by atoms with van der Waals surface area (Å²) in [6.07, 6.45) is 5.99. The van der Waals surface area contributed by atoms with Crippen LogP contribution in [0, 0.1) is 0 Å². The van der Waals surface area contributed by atoms with E-state index in [9.17, 15) is 0 Å². The molecule has 0 fully saturated rings. The summed E-state index contributed by atoms with van der Waals surface area (Å²) in [5, 5.41) is 4.49. The van der Waals surface area contributed by atoms with Gasteiger partial charge in [0.1, 0.15) is 6.33 Å². The third-order valence-corrected chi connectivity index (χ3v) is 4.28. The molecule has 3 heterocycles. The van der Waals surface area contributed by atoms with Crippen LogP contribution in [-0.2, 0) is 0 Å². The summed E-state index contributed by atoms with van der Waals surface area (Å²) in [4.78, 5) is 4.33. The fourth-order valence-corrected chi connectivity index (χ4v) is 3.23. The van der Waals surface area contributed by atoms with Crippen LogP contribution in [0.4, 0.5) is 11.5 Å². The van der Waals surface area contributed by atoms with Crippen molar-refractivity contribution in [3.63, 3.8) is 0 Å². The number of rotatable bonds is 1. The number of nitrogens with zero attached hydrogens (tertiary/aromatic N) is 4. The van der Waals surface area contributed by atoms with Crippen molar-refractivity contribution in [1.29, 1.82) is 0 Å². The van der Waals surface area contributed by atoms with E-state index in [0.717, 1.165) is 12.4 Å². The molecule has 0 aliphatic carbocycles. The average Bonchev–Trinajstić information content (AvgIpc) is 3.23. The predicted octanol–water partition coefficient (Wildman–Crippen LogP) is 3.47. The minimum absolute atomic E-state index is 0.867. The van der Waals surface area contributed by atoms with E-state index in [1.165, 1.54) is 22.5 Å². The van der Waals surface area contributed by atoms with Crippen LogP contribution < -0.4 is 10.0 Å². The zero-order valence-corrected chi connectivity index (χ0v) is 11.9. The Hall–Kier alpha value is -3.01. The van der Waals surface area contributed by atoms with Crippen LogP contribution >= 0.6 is 0 Å². The van der Waals surface area contributed by atoms with Crippen molar-refractivity contribution >= 4 is 17.1 Å². The van der Waals surface area contributed by atoms with Crippen LogP contribution in [0.15, 0.2) is 73.3 Å². The Kier molecular flexibility index (Phi) is 2.24. The smallest absolute Gasteiger partial charge is 0.156 e. The van der Waals surface area contributed by atoms with Crippen LogP contribution in [0.3, 0.4) is 0 Å². The lowest BCUT2D eigenvalue weighted by Crippen LogP contribution is -2.40. The highest BCUT2D eigenvalue weighted by Gasteiger charge is 2.32. The molecule has 0 bridgehead atoms. The number of aromatic nitrogens is 2. The van der Waals surface area contributed by atoms with Gasteiger partial charge in [0, 0.05) is 6.20 Å². The van der Waals surface area contributed by atoms with E-state index in [1.807, 2.05) is 12.5 Å². The number of para-hydroxylation sites is 2. The van der Waals surface area contributed by atoms with Gasteiger partial charge in [0.25, 0.3) is 0 Å². The van der Waals surface area contributed by atoms with Crippen molar-refractivity contribution < 1.29 is 0 Å². The molecule has 1 aromatic heterocycles. The maximum Gasteiger partial charge on any atom is 0.156 e. The minimum atomic E-state index is 0.867. The number of hydrazine groups is 1. The van der Waals surface area contributed by atoms with Gasteiger partial charge in [-0.2, -0.15) is 0 Å². The topological polar surface area (TPSA) is 24.3 Å². The quantitative estimate of drug-likeness (QED) is 0.684. The molecular weight excluding hydrogens is 272 g/mol. The molecule has 5 rings (SSSR count). The van der Waals surface area contributed by atoms with Gasteiger partial charge in [-0.1, -0.05) is 42.5 Å². The van der Waals surface area contributed by atoms with Crippen molar-refractivity contribution in [3.05, 3.63) is 78.9 Å². The van der Waals surface area contributed by atoms with Crippen molar-refractivity contribution in [1.82, 2.24) is 9.55 Å². The summed E-state index contributed by atoms with van der Waals surface area (Å²) in [7, 11) is 0. The summed E-state index contributed by atoms with van der Waals surface area (Å²) in [5.74, 6) is 1.07. The molecule has 4 heteroatoms. The molecular formula is C18H14N4. The number of imidazole rings is 1. The highest BCUT2D eigenvalue weighted by molar-refractivity contribution is 5.84. The van der Waals surface area contributed by atoms with Crippen molar-refractivity contribution in [2.24, 2.45) is 0 Å². The molecule has 0 spiro atoms. The molecule has 0 atom stereocenters. The van der Waals surface area contributed by atoms with Gasteiger partial charge in [-0.3, -0.25) is 9.58 Å². The standard InChI is InChI=1S/C18H14N4/c1-2-6-14(7-3-1)15-11-21-17-9-5-4-8-16(17)20-13-19-10-18(20)22(21)12-15/h1-10,12-13H,11H2. The lowest BCUT2D eigenvalue weighted by atomic mass is 10.1. The van der Waals surface area contributed by atoms with E-state index in [1.54, 1.807) is 0 Å². The Morgan fingerprint density at radius 3 is 2.50 bits per heavy atom. The zero-order valence-electron chi connectivity index (χ0n) is 11.9. The molecule has 2 aromatic carbocycles. The highest BCUT2D eigenvalue weighted by atomic mass is 15.7. The summed E-state index contributed by atoms with van der Waals surface area (Å²) in [5.41, 5.74) is 4.95.